The SMILES string of the molecule is CC(=NO)c1ccc2c(c1)ncn2-c1cccc(-c2cccnc2)c1. The Labute approximate surface area is 144 Å². The van der Waals surface area contributed by atoms with E-state index in [9.17, 15) is 0 Å². The van der Waals surface area contributed by atoms with Crippen LogP contribution < -0.4 is 0 Å². The lowest BCUT2D eigenvalue weighted by atomic mass is 10.1. The molecule has 0 unspecified atom stereocenters. The molecular formula is C20H16N4O. The molecule has 4 rings (SSSR count). The minimum atomic E-state index is 0.565. The average molecular weight is 328 g/mol. The maximum Gasteiger partial charge on any atom is 0.100 e. The second-order valence-electron chi connectivity index (χ2n) is 5.80. The van der Waals surface area contributed by atoms with Crippen molar-refractivity contribution in [1.82, 2.24) is 14.5 Å². The first-order valence-corrected chi connectivity index (χ1v) is 7.93. The fourth-order valence-corrected chi connectivity index (χ4v) is 2.87. The minimum absolute atomic E-state index is 0.565. The molecule has 2 aromatic heterocycles. The number of aromatic nitrogens is 3. The van der Waals surface area contributed by atoms with Gasteiger partial charge < -0.3 is 5.21 Å². The van der Waals surface area contributed by atoms with Crippen LogP contribution in [0, 0.1) is 0 Å². The van der Waals surface area contributed by atoms with Crippen LogP contribution in [-0.4, -0.2) is 25.5 Å². The monoisotopic (exact) mass is 328 g/mol. The van der Waals surface area contributed by atoms with Crippen molar-refractivity contribution in [2.75, 3.05) is 0 Å². The third-order valence-electron chi connectivity index (χ3n) is 4.23. The fourth-order valence-electron chi connectivity index (χ4n) is 2.87. The van der Waals surface area contributed by atoms with Crippen molar-refractivity contribution in [3.63, 3.8) is 0 Å². The van der Waals surface area contributed by atoms with Crippen LogP contribution in [0.3, 0.4) is 0 Å². The summed E-state index contributed by atoms with van der Waals surface area (Å²) in [4.78, 5) is 8.68. The molecule has 2 heterocycles. The predicted octanol–water partition coefficient (Wildman–Crippen LogP) is 4.29. The van der Waals surface area contributed by atoms with Gasteiger partial charge in [0.05, 0.1) is 16.7 Å². The number of hydrogen-bond acceptors (Lipinski definition) is 4. The summed E-state index contributed by atoms with van der Waals surface area (Å²) in [5.41, 5.74) is 6.48. The second-order valence-corrected chi connectivity index (χ2v) is 5.80. The molecule has 25 heavy (non-hydrogen) atoms. The number of hydrogen-bond donors (Lipinski definition) is 1. The fraction of sp³-hybridized carbons (Fsp3) is 0.0500. The first-order chi connectivity index (χ1) is 12.3. The van der Waals surface area contributed by atoms with Crippen LogP contribution in [0.15, 0.2) is 78.5 Å². The van der Waals surface area contributed by atoms with E-state index >= 15 is 0 Å². The average Bonchev–Trinajstić information content (AvgIpc) is 3.11. The van der Waals surface area contributed by atoms with Gasteiger partial charge in [-0.15, -0.1) is 0 Å². The molecule has 0 saturated carbocycles. The molecule has 0 fully saturated rings. The maximum absolute atomic E-state index is 8.94. The van der Waals surface area contributed by atoms with Gasteiger partial charge in [-0.3, -0.25) is 9.55 Å². The molecule has 0 atom stereocenters. The zero-order valence-corrected chi connectivity index (χ0v) is 13.7. The summed E-state index contributed by atoms with van der Waals surface area (Å²) >= 11 is 0. The highest BCUT2D eigenvalue weighted by Gasteiger charge is 2.08. The minimum Gasteiger partial charge on any atom is -0.411 e. The standard InChI is InChI=1S/C20H16N4O/c1-14(23-25)15-7-8-20-19(11-15)22-13-24(20)18-6-2-4-16(10-18)17-5-3-9-21-12-17/h2-13,25H,1H3. The lowest BCUT2D eigenvalue weighted by Gasteiger charge is -2.08. The highest BCUT2D eigenvalue weighted by molar-refractivity contribution is 6.00. The lowest BCUT2D eigenvalue weighted by Crippen LogP contribution is -1.95. The Balaban J connectivity index is 1.80. The molecule has 5 nitrogen and oxygen atoms in total. The molecule has 0 saturated heterocycles. The topological polar surface area (TPSA) is 63.3 Å². The summed E-state index contributed by atoms with van der Waals surface area (Å²) in [6, 6.07) is 18.1. The lowest BCUT2D eigenvalue weighted by molar-refractivity contribution is 0.319. The number of fused-ring (bicyclic) bond motifs is 1. The van der Waals surface area contributed by atoms with Crippen molar-refractivity contribution < 1.29 is 5.21 Å². The van der Waals surface area contributed by atoms with Crippen LogP contribution in [0.4, 0.5) is 0 Å². The highest BCUT2D eigenvalue weighted by Crippen LogP contribution is 2.24. The molecule has 0 aliphatic rings. The summed E-state index contributed by atoms with van der Waals surface area (Å²) in [5.74, 6) is 0. The van der Waals surface area contributed by atoms with Crippen molar-refractivity contribution in [2.24, 2.45) is 5.16 Å². The van der Waals surface area contributed by atoms with Gasteiger partial charge in [0.1, 0.15) is 6.33 Å². The second kappa shape index (κ2) is 6.20. The van der Waals surface area contributed by atoms with Gasteiger partial charge in [0.25, 0.3) is 0 Å². The van der Waals surface area contributed by atoms with Crippen LogP contribution in [0.2, 0.25) is 0 Å². The number of imidazole rings is 1. The van der Waals surface area contributed by atoms with E-state index < -0.39 is 0 Å². The Hall–Kier alpha value is -3.47. The number of pyridine rings is 1. The zero-order valence-electron chi connectivity index (χ0n) is 13.7. The zero-order chi connectivity index (χ0) is 17.2. The first-order valence-electron chi connectivity index (χ1n) is 7.93. The first kappa shape index (κ1) is 15.1. The molecule has 122 valence electrons. The van der Waals surface area contributed by atoms with Gasteiger partial charge in [-0.05, 0) is 42.8 Å². The van der Waals surface area contributed by atoms with Crippen molar-refractivity contribution in [3.8, 4) is 16.8 Å². The molecule has 1 N–H and O–H groups in total. The smallest absolute Gasteiger partial charge is 0.100 e. The molecule has 0 aliphatic heterocycles. The van der Waals surface area contributed by atoms with E-state index in [0.717, 1.165) is 33.4 Å². The molecule has 4 aromatic rings. The summed E-state index contributed by atoms with van der Waals surface area (Å²) in [5, 5.41) is 12.2. The Morgan fingerprint density at radius 3 is 2.72 bits per heavy atom. The van der Waals surface area contributed by atoms with Crippen LogP contribution in [-0.2, 0) is 0 Å². The summed E-state index contributed by atoms with van der Waals surface area (Å²) in [7, 11) is 0. The van der Waals surface area contributed by atoms with Gasteiger partial charge in [0.2, 0.25) is 0 Å². The van der Waals surface area contributed by atoms with Crippen molar-refractivity contribution >= 4 is 16.7 Å². The Kier molecular flexibility index (Phi) is 3.74. The van der Waals surface area contributed by atoms with E-state index in [1.54, 1.807) is 13.1 Å². The van der Waals surface area contributed by atoms with E-state index in [1.165, 1.54) is 0 Å². The van der Waals surface area contributed by atoms with Gasteiger partial charge in [0, 0.05) is 29.2 Å². The third kappa shape index (κ3) is 2.76. The van der Waals surface area contributed by atoms with Crippen molar-refractivity contribution in [1.29, 1.82) is 0 Å². The normalized spacial score (nSPS) is 11.8. The molecule has 0 spiro atoms. The number of rotatable bonds is 3. The van der Waals surface area contributed by atoms with Crippen LogP contribution >= 0.6 is 0 Å². The molecule has 0 aliphatic carbocycles. The van der Waals surface area contributed by atoms with E-state index in [-0.39, 0.29) is 0 Å². The molecule has 2 aromatic carbocycles. The highest BCUT2D eigenvalue weighted by atomic mass is 16.4. The maximum atomic E-state index is 8.94. The Morgan fingerprint density at radius 1 is 1.04 bits per heavy atom. The summed E-state index contributed by atoms with van der Waals surface area (Å²) < 4.78 is 2.05. The molecule has 5 heteroatoms. The molecular weight excluding hydrogens is 312 g/mol. The number of nitrogens with zero attached hydrogens (tertiary/aromatic N) is 4. The Bertz CT molecular complexity index is 1070. The van der Waals surface area contributed by atoms with Gasteiger partial charge in [0.15, 0.2) is 0 Å². The summed E-state index contributed by atoms with van der Waals surface area (Å²) in [6.45, 7) is 1.76. The van der Waals surface area contributed by atoms with Crippen LogP contribution in [0.25, 0.3) is 27.8 Å². The van der Waals surface area contributed by atoms with E-state index in [4.69, 9.17) is 5.21 Å². The largest absolute Gasteiger partial charge is 0.411 e. The van der Waals surface area contributed by atoms with Crippen LogP contribution in [0.1, 0.15) is 12.5 Å². The third-order valence-corrected chi connectivity index (χ3v) is 4.23. The van der Waals surface area contributed by atoms with Gasteiger partial charge >= 0.3 is 0 Å². The van der Waals surface area contributed by atoms with Crippen molar-refractivity contribution in [2.45, 2.75) is 6.92 Å². The van der Waals surface area contributed by atoms with Gasteiger partial charge in [-0.2, -0.15) is 0 Å². The Morgan fingerprint density at radius 2 is 1.92 bits per heavy atom. The molecule has 0 amide bonds. The number of benzene rings is 2. The van der Waals surface area contributed by atoms with E-state index in [1.807, 2.05) is 53.5 Å². The van der Waals surface area contributed by atoms with E-state index in [2.05, 4.69) is 33.3 Å². The quantitative estimate of drug-likeness (QED) is 0.347. The van der Waals surface area contributed by atoms with Crippen molar-refractivity contribution in [3.05, 3.63) is 78.9 Å². The van der Waals surface area contributed by atoms with E-state index in [0.29, 0.717) is 5.71 Å². The van der Waals surface area contributed by atoms with Crippen LogP contribution in [0.5, 0.6) is 0 Å². The molecule has 0 bridgehead atoms. The van der Waals surface area contributed by atoms with Gasteiger partial charge in [-0.25, -0.2) is 4.98 Å². The number of oxime groups is 1. The molecule has 0 radical (unpaired) electrons. The predicted molar refractivity (Wildman–Crippen MR) is 98.3 cm³/mol. The van der Waals surface area contributed by atoms with Gasteiger partial charge in [-0.1, -0.05) is 29.4 Å². The summed E-state index contributed by atoms with van der Waals surface area (Å²) in [6.07, 6.45) is 5.43.